The molecular weight excluding hydrogens is 262 g/mol. The number of thiazole rings is 1. The minimum Gasteiger partial charge on any atom is -0.370 e. The Hall–Kier alpha value is -1.76. The van der Waals surface area contributed by atoms with Crippen LogP contribution in [0.3, 0.4) is 0 Å². The van der Waals surface area contributed by atoms with Gasteiger partial charge in [0, 0.05) is 29.4 Å². The number of hydrogen-bond donors (Lipinski definition) is 2. The van der Waals surface area contributed by atoms with Crippen molar-refractivity contribution in [2.45, 2.75) is 0 Å². The van der Waals surface area contributed by atoms with E-state index in [1.807, 2.05) is 29.6 Å². The smallest absolute Gasteiger partial charge is 0.250 e. The van der Waals surface area contributed by atoms with E-state index in [0.717, 1.165) is 16.3 Å². The van der Waals surface area contributed by atoms with Crippen LogP contribution in [-0.2, 0) is 9.53 Å². The van der Waals surface area contributed by atoms with E-state index in [2.05, 4.69) is 10.3 Å². The lowest BCUT2D eigenvalue weighted by Crippen LogP contribution is -2.20. The minimum atomic E-state index is -0.190. The number of carbonyl (C=O) groups excluding carboxylic acids is 1. The molecule has 0 bridgehead atoms. The molecule has 1 heterocycles. The van der Waals surface area contributed by atoms with Gasteiger partial charge in [0.15, 0.2) is 0 Å². The molecule has 0 aliphatic rings. The molecule has 5 nitrogen and oxygen atoms in total. The molecule has 6 heteroatoms. The van der Waals surface area contributed by atoms with Crippen LogP contribution in [0, 0.1) is 0 Å². The van der Waals surface area contributed by atoms with Gasteiger partial charge in [-0.2, -0.15) is 0 Å². The number of aromatic nitrogens is 1. The van der Waals surface area contributed by atoms with Gasteiger partial charge in [-0.05, 0) is 12.1 Å². The third kappa shape index (κ3) is 4.13. The molecule has 0 fully saturated rings. The number of nitrogens with two attached hydrogens (primary N) is 1. The molecule has 2 aromatic rings. The summed E-state index contributed by atoms with van der Waals surface area (Å²) in [6.07, 6.45) is 1.76. The first-order chi connectivity index (χ1) is 9.29. The number of ether oxygens (including phenoxy) is 1. The van der Waals surface area contributed by atoms with Crippen molar-refractivity contribution >= 4 is 22.9 Å². The monoisotopic (exact) mass is 277 g/mol. The molecule has 1 amide bonds. The van der Waals surface area contributed by atoms with Gasteiger partial charge < -0.3 is 15.8 Å². The van der Waals surface area contributed by atoms with E-state index in [9.17, 15) is 4.79 Å². The number of benzene rings is 1. The molecule has 0 saturated carbocycles. The molecule has 19 heavy (non-hydrogen) atoms. The van der Waals surface area contributed by atoms with Gasteiger partial charge in [0.05, 0.1) is 6.61 Å². The van der Waals surface area contributed by atoms with Crippen molar-refractivity contribution in [2.75, 3.05) is 25.1 Å². The van der Waals surface area contributed by atoms with Crippen LogP contribution in [0.4, 0.5) is 5.69 Å². The first kappa shape index (κ1) is 13.7. The van der Waals surface area contributed by atoms with Gasteiger partial charge in [-0.1, -0.05) is 12.1 Å². The Morgan fingerprint density at radius 2 is 2.37 bits per heavy atom. The fraction of sp³-hybridized carbons (Fsp3) is 0.231. The molecule has 1 aromatic heterocycles. The highest BCUT2D eigenvalue weighted by Gasteiger charge is 2.05. The number of rotatable bonds is 6. The first-order valence-electron chi connectivity index (χ1n) is 5.87. The summed E-state index contributed by atoms with van der Waals surface area (Å²) in [6.45, 7) is 0.804. The predicted molar refractivity (Wildman–Crippen MR) is 76.1 cm³/mol. The second-order valence-corrected chi connectivity index (χ2v) is 4.70. The van der Waals surface area contributed by atoms with Crippen molar-refractivity contribution in [1.29, 1.82) is 0 Å². The van der Waals surface area contributed by atoms with E-state index in [0.29, 0.717) is 13.2 Å². The highest BCUT2D eigenvalue weighted by Crippen LogP contribution is 2.24. The van der Waals surface area contributed by atoms with Crippen LogP contribution in [0.2, 0.25) is 0 Å². The lowest BCUT2D eigenvalue weighted by molar-refractivity contribution is -0.120. The summed E-state index contributed by atoms with van der Waals surface area (Å²) < 4.78 is 5.07. The van der Waals surface area contributed by atoms with Crippen molar-refractivity contribution in [2.24, 2.45) is 5.73 Å². The Bertz CT molecular complexity index is 528. The summed E-state index contributed by atoms with van der Waals surface area (Å²) in [6, 6.07) is 7.56. The van der Waals surface area contributed by atoms with Crippen LogP contribution in [0.5, 0.6) is 0 Å². The zero-order chi connectivity index (χ0) is 13.5. The number of hydrogen-bond acceptors (Lipinski definition) is 5. The van der Waals surface area contributed by atoms with E-state index < -0.39 is 0 Å². The Morgan fingerprint density at radius 1 is 1.47 bits per heavy atom. The van der Waals surface area contributed by atoms with Crippen LogP contribution in [-0.4, -0.2) is 30.6 Å². The second kappa shape index (κ2) is 6.98. The van der Waals surface area contributed by atoms with Crippen molar-refractivity contribution < 1.29 is 9.53 Å². The number of carbonyl (C=O) groups is 1. The van der Waals surface area contributed by atoms with Crippen LogP contribution < -0.4 is 11.1 Å². The van der Waals surface area contributed by atoms with Crippen LogP contribution >= 0.6 is 11.3 Å². The Labute approximate surface area is 115 Å². The van der Waals surface area contributed by atoms with Crippen molar-refractivity contribution in [3.63, 3.8) is 0 Å². The molecule has 0 radical (unpaired) electrons. The van der Waals surface area contributed by atoms with Crippen molar-refractivity contribution in [3.05, 3.63) is 35.8 Å². The first-order valence-corrected chi connectivity index (χ1v) is 6.75. The molecule has 0 aliphatic heterocycles. The zero-order valence-electron chi connectivity index (χ0n) is 10.3. The topological polar surface area (TPSA) is 77.2 Å². The lowest BCUT2D eigenvalue weighted by atomic mass is 10.2. The average molecular weight is 277 g/mol. The van der Waals surface area contributed by atoms with Crippen LogP contribution in [0.25, 0.3) is 10.6 Å². The van der Waals surface area contributed by atoms with Crippen molar-refractivity contribution in [1.82, 2.24) is 4.98 Å². The standard InChI is InChI=1S/C13H15N3O2S/c14-4-6-18-9-12(17)16-11-3-1-2-10(8-11)13-15-5-7-19-13/h1-3,5,7-8H,4,6,9,14H2,(H,16,17). The summed E-state index contributed by atoms with van der Waals surface area (Å²) in [5.41, 5.74) is 6.99. The summed E-state index contributed by atoms with van der Waals surface area (Å²) in [5.74, 6) is -0.190. The van der Waals surface area contributed by atoms with Crippen LogP contribution in [0.15, 0.2) is 35.8 Å². The largest absolute Gasteiger partial charge is 0.370 e. The van der Waals surface area contributed by atoms with Gasteiger partial charge in [-0.15, -0.1) is 11.3 Å². The van der Waals surface area contributed by atoms with E-state index in [4.69, 9.17) is 10.5 Å². The van der Waals surface area contributed by atoms with E-state index in [1.165, 1.54) is 0 Å². The molecule has 3 N–H and O–H groups in total. The minimum absolute atomic E-state index is 0.0126. The van der Waals surface area contributed by atoms with E-state index >= 15 is 0 Å². The number of nitrogens with one attached hydrogen (secondary N) is 1. The maximum absolute atomic E-state index is 11.6. The quantitative estimate of drug-likeness (QED) is 0.788. The highest BCUT2D eigenvalue weighted by atomic mass is 32.1. The number of anilines is 1. The van der Waals surface area contributed by atoms with E-state index in [-0.39, 0.29) is 12.5 Å². The molecule has 0 unspecified atom stereocenters. The molecule has 2 rings (SSSR count). The summed E-state index contributed by atoms with van der Waals surface area (Å²) in [7, 11) is 0. The molecular formula is C13H15N3O2S. The van der Waals surface area contributed by atoms with Crippen LogP contribution in [0.1, 0.15) is 0 Å². The predicted octanol–water partition coefficient (Wildman–Crippen LogP) is 1.72. The zero-order valence-corrected chi connectivity index (χ0v) is 11.2. The molecule has 100 valence electrons. The lowest BCUT2D eigenvalue weighted by Gasteiger charge is -2.06. The Balaban J connectivity index is 1.97. The third-order valence-corrected chi connectivity index (χ3v) is 3.14. The fourth-order valence-corrected chi connectivity index (χ4v) is 2.18. The summed E-state index contributed by atoms with van der Waals surface area (Å²) in [5, 5.41) is 5.62. The summed E-state index contributed by atoms with van der Waals surface area (Å²) >= 11 is 1.56. The van der Waals surface area contributed by atoms with Gasteiger partial charge in [0.25, 0.3) is 0 Å². The maximum atomic E-state index is 11.6. The normalized spacial score (nSPS) is 10.4. The molecule has 0 aliphatic carbocycles. The molecule has 1 aromatic carbocycles. The number of amides is 1. The average Bonchev–Trinajstić information content (AvgIpc) is 2.93. The molecule has 0 atom stereocenters. The van der Waals surface area contributed by atoms with Gasteiger partial charge in [-0.25, -0.2) is 4.98 Å². The van der Waals surface area contributed by atoms with E-state index in [1.54, 1.807) is 17.5 Å². The van der Waals surface area contributed by atoms with Gasteiger partial charge >= 0.3 is 0 Å². The van der Waals surface area contributed by atoms with Crippen molar-refractivity contribution in [3.8, 4) is 10.6 Å². The molecule has 0 spiro atoms. The number of nitrogens with zero attached hydrogens (tertiary/aromatic N) is 1. The highest BCUT2D eigenvalue weighted by molar-refractivity contribution is 7.13. The maximum Gasteiger partial charge on any atom is 0.250 e. The Kier molecular flexibility index (Phi) is 5.02. The third-order valence-electron chi connectivity index (χ3n) is 2.32. The Morgan fingerprint density at radius 3 is 3.11 bits per heavy atom. The van der Waals surface area contributed by atoms with Gasteiger partial charge in [0.1, 0.15) is 11.6 Å². The summed E-state index contributed by atoms with van der Waals surface area (Å²) in [4.78, 5) is 15.8. The second-order valence-electron chi connectivity index (χ2n) is 3.81. The fourth-order valence-electron chi connectivity index (χ4n) is 1.54. The van der Waals surface area contributed by atoms with Gasteiger partial charge in [-0.3, -0.25) is 4.79 Å². The molecule has 0 saturated heterocycles. The SMILES string of the molecule is NCCOCC(=O)Nc1cccc(-c2nccs2)c1. The van der Waals surface area contributed by atoms with Gasteiger partial charge in [0.2, 0.25) is 5.91 Å².